The first-order valence-electron chi connectivity index (χ1n) is 6.61. The number of aryl methyl sites for hydroxylation is 1. The van der Waals surface area contributed by atoms with E-state index < -0.39 is 0 Å². The molecule has 1 aromatic carbocycles. The Balaban J connectivity index is 2.02. The van der Waals surface area contributed by atoms with Gasteiger partial charge in [-0.15, -0.1) is 0 Å². The van der Waals surface area contributed by atoms with Gasteiger partial charge in [-0.25, -0.2) is 0 Å². The minimum atomic E-state index is 0.313. The number of rotatable bonds is 5. The van der Waals surface area contributed by atoms with Crippen molar-refractivity contribution in [2.75, 3.05) is 5.32 Å². The van der Waals surface area contributed by atoms with E-state index in [4.69, 9.17) is 0 Å². The van der Waals surface area contributed by atoms with E-state index in [2.05, 4.69) is 31.2 Å². The highest BCUT2D eigenvalue weighted by molar-refractivity contribution is 5.40. The van der Waals surface area contributed by atoms with E-state index in [0.29, 0.717) is 18.2 Å². The highest BCUT2D eigenvalue weighted by atomic mass is 16.3. The third-order valence-corrected chi connectivity index (χ3v) is 2.97. The maximum Gasteiger partial charge on any atom is 0.148 e. The first kappa shape index (κ1) is 13.5. The maximum atomic E-state index is 9.70. The summed E-state index contributed by atoms with van der Waals surface area (Å²) in [5, 5.41) is 17.5. The van der Waals surface area contributed by atoms with Gasteiger partial charge < -0.3 is 10.4 Å². The van der Waals surface area contributed by atoms with Crippen molar-refractivity contribution < 1.29 is 5.11 Å². The quantitative estimate of drug-likeness (QED) is 0.867. The highest BCUT2D eigenvalue weighted by Gasteiger charge is 2.06. The van der Waals surface area contributed by atoms with Crippen LogP contribution in [0.25, 0.3) is 0 Å². The second-order valence-corrected chi connectivity index (χ2v) is 5.23. The van der Waals surface area contributed by atoms with Crippen LogP contribution in [0.4, 0.5) is 5.82 Å². The van der Waals surface area contributed by atoms with E-state index in [1.807, 2.05) is 28.9 Å². The predicted molar refractivity (Wildman–Crippen MR) is 77.2 cm³/mol. The molecule has 0 aliphatic carbocycles. The zero-order valence-electron chi connectivity index (χ0n) is 11.7. The van der Waals surface area contributed by atoms with E-state index in [1.165, 1.54) is 0 Å². The van der Waals surface area contributed by atoms with Crippen LogP contribution in [0.5, 0.6) is 5.75 Å². The molecule has 19 heavy (non-hydrogen) atoms. The number of nitrogens with one attached hydrogen (secondary N) is 1. The number of aromatic nitrogens is 2. The summed E-state index contributed by atoms with van der Waals surface area (Å²) < 4.78 is 2.01. The van der Waals surface area contributed by atoms with Crippen molar-refractivity contribution in [2.24, 2.45) is 5.92 Å². The standard InChI is InChI=1S/C15H21N3O/c1-11(2)10-18-12(3)8-15(17-18)16-9-13-6-4-5-7-14(13)19/h4-8,11,19H,9-10H2,1-3H3,(H,16,17). The van der Waals surface area contributed by atoms with Crippen molar-refractivity contribution >= 4 is 5.82 Å². The SMILES string of the molecule is Cc1cc(NCc2ccccc2O)nn1CC(C)C. The number of phenolic OH excluding ortho intramolecular Hbond substituents is 1. The van der Waals surface area contributed by atoms with Crippen LogP contribution >= 0.6 is 0 Å². The molecular weight excluding hydrogens is 238 g/mol. The molecule has 4 heteroatoms. The van der Waals surface area contributed by atoms with Gasteiger partial charge in [0.15, 0.2) is 0 Å². The number of para-hydroxylation sites is 1. The van der Waals surface area contributed by atoms with E-state index in [0.717, 1.165) is 23.6 Å². The van der Waals surface area contributed by atoms with Crippen LogP contribution in [0.2, 0.25) is 0 Å². The van der Waals surface area contributed by atoms with Crippen molar-refractivity contribution in [2.45, 2.75) is 33.9 Å². The third-order valence-electron chi connectivity index (χ3n) is 2.97. The zero-order chi connectivity index (χ0) is 13.8. The number of aromatic hydroxyl groups is 1. The number of nitrogens with zero attached hydrogens (tertiary/aromatic N) is 2. The van der Waals surface area contributed by atoms with Gasteiger partial charge in [-0.05, 0) is 18.9 Å². The molecule has 2 N–H and O–H groups in total. The Morgan fingerprint density at radius 1 is 1.32 bits per heavy atom. The Morgan fingerprint density at radius 3 is 2.74 bits per heavy atom. The van der Waals surface area contributed by atoms with Crippen LogP contribution in [0.1, 0.15) is 25.1 Å². The minimum Gasteiger partial charge on any atom is -0.508 e. The van der Waals surface area contributed by atoms with Gasteiger partial charge in [0.25, 0.3) is 0 Å². The predicted octanol–water partition coefficient (Wildman–Crippen LogP) is 3.17. The van der Waals surface area contributed by atoms with Crippen LogP contribution in [-0.2, 0) is 13.1 Å². The van der Waals surface area contributed by atoms with Crippen LogP contribution in [0, 0.1) is 12.8 Å². The fourth-order valence-corrected chi connectivity index (χ4v) is 1.97. The third kappa shape index (κ3) is 3.50. The van der Waals surface area contributed by atoms with Crippen molar-refractivity contribution in [1.29, 1.82) is 0 Å². The maximum absolute atomic E-state index is 9.70. The molecule has 0 saturated carbocycles. The van der Waals surface area contributed by atoms with E-state index in [1.54, 1.807) is 6.07 Å². The topological polar surface area (TPSA) is 50.1 Å². The Hall–Kier alpha value is -1.97. The summed E-state index contributed by atoms with van der Waals surface area (Å²) in [6.45, 7) is 7.90. The second kappa shape index (κ2) is 5.78. The monoisotopic (exact) mass is 259 g/mol. The second-order valence-electron chi connectivity index (χ2n) is 5.23. The van der Waals surface area contributed by atoms with E-state index in [-0.39, 0.29) is 0 Å². The Labute approximate surface area is 114 Å². The lowest BCUT2D eigenvalue weighted by molar-refractivity contribution is 0.468. The molecule has 2 rings (SSSR count). The highest BCUT2D eigenvalue weighted by Crippen LogP contribution is 2.17. The van der Waals surface area contributed by atoms with Crippen molar-refractivity contribution in [1.82, 2.24) is 9.78 Å². The van der Waals surface area contributed by atoms with Gasteiger partial charge in [0, 0.05) is 30.4 Å². The molecule has 102 valence electrons. The van der Waals surface area contributed by atoms with Crippen molar-refractivity contribution in [3.8, 4) is 5.75 Å². The Bertz CT molecular complexity index is 546. The number of anilines is 1. The number of benzene rings is 1. The summed E-state index contributed by atoms with van der Waals surface area (Å²) >= 11 is 0. The average Bonchev–Trinajstić information content (AvgIpc) is 2.68. The van der Waals surface area contributed by atoms with Gasteiger partial charge in [-0.1, -0.05) is 32.0 Å². The number of hydrogen-bond acceptors (Lipinski definition) is 3. The summed E-state index contributed by atoms with van der Waals surface area (Å²) in [6.07, 6.45) is 0. The lowest BCUT2D eigenvalue weighted by Crippen LogP contribution is -2.08. The summed E-state index contributed by atoms with van der Waals surface area (Å²) in [7, 11) is 0. The summed E-state index contributed by atoms with van der Waals surface area (Å²) in [5.41, 5.74) is 2.02. The van der Waals surface area contributed by atoms with Crippen LogP contribution in [-0.4, -0.2) is 14.9 Å². The fraction of sp³-hybridized carbons (Fsp3) is 0.400. The largest absolute Gasteiger partial charge is 0.508 e. The fourth-order valence-electron chi connectivity index (χ4n) is 1.97. The molecule has 4 nitrogen and oxygen atoms in total. The molecular formula is C15H21N3O. The van der Waals surface area contributed by atoms with Gasteiger partial charge in [0.1, 0.15) is 11.6 Å². The molecule has 0 fully saturated rings. The average molecular weight is 259 g/mol. The molecule has 1 aromatic heterocycles. The van der Waals surface area contributed by atoms with Gasteiger partial charge >= 0.3 is 0 Å². The molecule has 0 atom stereocenters. The normalized spacial score (nSPS) is 10.9. The summed E-state index contributed by atoms with van der Waals surface area (Å²) in [5.74, 6) is 1.74. The van der Waals surface area contributed by atoms with Crippen LogP contribution in [0.15, 0.2) is 30.3 Å². The van der Waals surface area contributed by atoms with E-state index in [9.17, 15) is 5.11 Å². The summed E-state index contributed by atoms with van der Waals surface area (Å²) in [6, 6.07) is 9.36. The van der Waals surface area contributed by atoms with Gasteiger partial charge in [-0.2, -0.15) is 5.10 Å². The molecule has 0 bridgehead atoms. The van der Waals surface area contributed by atoms with Crippen LogP contribution < -0.4 is 5.32 Å². The molecule has 0 amide bonds. The van der Waals surface area contributed by atoms with Crippen molar-refractivity contribution in [3.63, 3.8) is 0 Å². The van der Waals surface area contributed by atoms with Crippen molar-refractivity contribution in [3.05, 3.63) is 41.6 Å². The Morgan fingerprint density at radius 2 is 2.05 bits per heavy atom. The van der Waals surface area contributed by atoms with Gasteiger partial charge in [0.2, 0.25) is 0 Å². The minimum absolute atomic E-state index is 0.313. The number of phenols is 1. The zero-order valence-corrected chi connectivity index (χ0v) is 11.7. The van der Waals surface area contributed by atoms with Crippen LogP contribution in [0.3, 0.4) is 0 Å². The molecule has 0 aliphatic rings. The number of hydrogen-bond donors (Lipinski definition) is 2. The Kier molecular flexibility index (Phi) is 4.10. The van der Waals surface area contributed by atoms with Gasteiger partial charge in [-0.3, -0.25) is 4.68 Å². The first-order chi connectivity index (χ1) is 9.06. The molecule has 0 saturated heterocycles. The summed E-state index contributed by atoms with van der Waals surface area (Å²) in [4.78, 5) is 0. The molecule has 0 radical (unpaired) electrons. The van der Waals surface area contributed by atoms with E-state index >= 15 is 0 Å². The smallest absolute Gasteiger partial charge is 0.148 e. The molecule has 1 heterocycles. The molecule has 0 unspecified atom stereocenters. The lowest BCUT2D eigenvalue weighted by Gasteiger charge is -2.07. The van der Waals surface area contributed by atoms with Gasteiger partial charge in [0.05, 0.1) is 0 Å². The molecule has 2 aromatic rings. The first-order valence-corrected chi connectivity index (χ1v) is 6.61. The lowest BCUT2D eigenvalue weighted by atomic mass is 10.2. The molecule has 0 spiro atoms. The molecule has 0 aliphatic heterocycles.